The molecule has 0 saturated heterocycles. The van der Waals surface area contributed by atoms with Crippen molar-refractivity contribution in [1.82, 2.24) is 9.78 Å². The van der Waals surface area contributed by atoms with Gasteiger partial charge in [0.15, 0.2) is 0 Å². The minimum atomic E-state index is 0.208. The second-order valence-corrected chi connectivity index (χ2v) is 5.19. The van der Waals surface area contributed by atoms with Gasteiger partial charge in [0, 0.05) is 7.05 Å². The Labute approximate surface area is 106 Å². The highest BCUT2D eigenvalue weighted by Gasteiger charge is 2.15. The second-order valence-electron chi connectivity index (χ2n) is 3.54. The van der Waals surface area contributed by atoms with Crippen molar-refractivity contribution < 1.29 is 4.79 Å². The zero-order chi connectivity index (χ0) is 12.1. The number of rotatable bonds is 6. The van der Waals surface area contributed by atoms with Crippen LogP contribution in [0.3, 0.4) is 0 Å². The molecule has 0 fully saturated rings. The molecule has 0 atom stereocenters. The average molecular weight is 261 g/mol. The number of aromatic nitrogens is 2. The average Bonchev–Trinajstić information content (AvgIpc) is 2.53. The van der Waals surface area contributed by atoms with Gasteiger partial charge in [0.05, 0.1) is 28.6 Å². The quantitative estimate of drug-likeness (QED) is 0.788. The van der Waals surface area contributed by atoms with E-state index in [0.29, 0.717) is 17.2 Å². The van der Waals surface area contributed by atoms with Crippen LogP contribution >= 0.6 is 23.4 Å². The van der Waals surface area contributed by atoms with Gasteiger partial charge in [-0.05, 0) is 12.2 Å². The molecule has 1 aromatic heterocycles. The first-order valence-electron chi connectivity index (χ1n) is 5.39. The molecule has 0 amide bonds. The lowest BCUT2D eigenvalue weighted by atomic mass is 10.2. The summed E-state index contributed by atoms with van der Waals surface area (Å²) in [5.41, 5.74) is 1.70. The van der Waals surface area contributed by atoms with E-state index in [1.807, 2.05) is 20.9 Å². The van der Waals surface area contributed by atoms with Crippen molar-refractivity contribution in [2.24, 2.45) is 7.05 Å². The van der Waals surface area contributed by atoms with Gasteiger partial charge in [-0.25, -0.2) is 0 Å². The number of thioether (sulfide) groups is 1. The molecule has 0 aliphatic rings. The summed E-state index contributed by atoms with van der Waals surface area (Å²) in [6.45, 7) is 4.05. The van der Waals surface area contributed by atoms with Gasteiger partial charge in [-0.3, -0.25) is 9.48 Å². The maximum Gasteiger partial charge on any atom is 0.148 e. The highest BCUT2D eigenvalue weighted by Crippen LogP contribution is 2.21. The smallest absolute Gasteiger partial charge is 0.148 e. The lowest BCUT2D eigenvalue weighted by Crippen LogP contribution is -2.10. The van der Waals surface area contributed by atoms with E-state index in [9.17, 15) is 4.79 Å². The second kappa shape index (κ2) is 6.30. The number of halogens is 1. The van der Waals surface area contributed by atoms with Crippen LogP contribution in [0.15, 0.2) is 0 Å². The molecule has 3 nitrogen and oxygen atoms in total. The molecule has 1 aromatic rings. The molecule has 0 aliphatic carbocycles. The monoisotopic (exact) mass is 260 g/mol. The van der Waals surface area contributed by atoms with Gasteiger partial charge in [0.2, 0.25) is 0 Å². The van der Waals surface area contributed by atoms with Crippen molar-refractivity contribution in [3.8, 4) is 0 Å². The Kier molecular flexibility index (Phi) is 5.35. The van der Waals surface area contributed by atoms with Gasteiger partial charge in [-0.1, -0.05) is 25.4 Å². The van der Waals surface area contributed by atoms with Crippen LogP contribution in [0.2, 0.25) is 5.02 Å². The van der Waals surface area contributed by atoms with Crippen molar-refractivity contribution in [2.75, 3.05) is 11.5 Å². The van der Waals surface area contributed by atoms with Crippen LogP contribution in [0, 0.1) is 0 Å². The molecule has 90 valence electrons. The maximum absolute atomic E-state index is 11.7. The van der Waals surface area contributed by atoms with Crippen molar-refractivity contribution >= 4 is 29.1 Å². The lowest BCUT2D eigenvalue weighted by Gasteiger charge is -2.01. The van der Waals surface area contributed by atoms with Crippen LogP contribution in [0.25, 0.3) is 0 Å². The van der Waals surface area contributed by atoms with E-state index in [2.05, 4.69) is 5.10 Å². The minimum absolute atomic E-state index is 0.208. The first-order chi connectivity index (χ1) is 7.60. The maximum atomic E-state index is 11.7. The Balaban J connectivity index is 2.73. The SMILES string of the molecule is CCSCC(=O)Cc1c(Cl)c(CC)nn1C. The Hall–Kier alpha value is -0.480. The predicted octanol–water partition coefficient (Wildman–Crippen LogP) is 2.50. The molecule has 0 radical (unpaired) electrons. The molecule has 0 N–H and O–H groups in total. The number of carbonyl (C=O) groups excluding carboxylic acids is 1. The van der Waals surface area contributed by atoms with Crippen molar-refractivity contribution in [3.63, 3.8) is 0 Å². The highest BCUT2D eigenvalue weighted by atomic mass is 35.5. The third kappa shape index (κ3) is 3.25. The fourth-order valence-corrected chi connectivity index (χ4v) is 2.36. The number of aryl methyl sites for hydroxylation is 2. The lowest BCUT2D eigenvalue weighted by molar-refractivity contribution is -0.116. The summed E-state index contributed by atoms with van der Waals surface area (Å²) in [6.07, 6.45) is 1.18. The molecule has 1 rings (SSSR count). The Bertz CT molecular complexity index is 376. The summed E-state index contributed by atoms with van der Waals surface area (Å²) < 4.78 is 1.72. The van der Waals surface area contributed by atoms with E-state index >= 15 is 0 Å². The van der Waals surface area contributed by atoms with Gasteiger partial charge < -0.3 is 0 Å². The molecule has 1 heterocycles. The van der Waals surface area contributed by atoms with E-state index in [4.69, 9.17) is 11.6 Å². The molecule has 0 unspecified atom stereocenters. The molecule has 0 saturated carbocycles. The standard InChI is InChI=1S/C11H17ClN2OS/c1-4-9-11(12)10(14(3)13-9)6-8(15)7-16-5-2/h4-7H2,1-3H3. The Morgan fingerprint density at radius 3 is 2.69 bits per heavy atom. The van der Waals surface area contributed by atoms with Gasteiger partial charge in [-0.15, -0.1) is 0 Å². The zero-order valence-electron chi connectivity index (χ0n) is 9.92. The predicted molar refractivity (Wildman–Crippen MR) is 69.3 cm³/mol. The van der Waals surface area contributed by atoms with E-state index in [1.165, 1.54) is 0 Å². The van der Waals surface area contributed by atoms with Gasteiger partial charge in [-0.2, -0.15) is 16.9 Å². The van der Waals surface area contributed by atoms with E-state index in [0.717, 1.165) is 23.6 Å². The van der Waals surface area contributed by atoms with Crippen LogP contribution < -0.4 is 0 Å². The number of ketones is 1. The molecule has 0 aliphatic heterocycles. The molecule has 16 heavy (non-hydrogen) atoms. The van der Waals surface area contributed by atoms with Crippen LogP contribution in [-0.2, 0) is 24.7 Å². The van der Waals surface area contributed by atoms with E-state index in [1.54, 1.807) is 16.4 Å². The first kappa shape index (κ1) is 13.6. The number of Topliss-reactive ketones (excluding diaryl/α,β-unsaturated/α-hetero) is 1. The molecular weight excluding hydrogens is 244 g/mol. The third-order valence-electron chi connectivity index (χ3n) is 2.33. The van der Waals surface area contributed by atoms with Crippen molar-refractivity contribution in [1.29, 1.82) is 0 Å². The summed E-state index contributed by atoms with van der Waals surface area (Å²) in [4.78, 5) is 11.7. The number of nitrogens with zero attached hydrogens (tertiary/aromatic N) is 2. The Morgan fingerprint density at radius 2 is 2.19 bits per heavy atom. The van der Waals surface area contributed by atoms with Gasteiger partial charge >= 0.3 is 0 Å². The van der Waals surface area contributed by atoms with Gasteiger partial charge in [0.1, 0.15) is 5.78 Å². The summed E-state index contributed by atoms with van der Waals surface area (Å²) in [5, 5.41) is 4.94. The topological polar surface area (TPSA) is 34.9 Å². The highest BCUT2D eigenvalue weighted by molar-refractivity contribution is 7.99. The summed E-state index contributed by atoms with van der Waals surface area (Å²) in [7, 11) is 1.83. The molecule has 0 aromatic carbocycles. The normalized spacial score (nSPS) is 10.8. The van der Waals surface area contributed by atoms with Crippen molar-refractivity contribution in [2.45, 2.75) is 26.7 Å². The van der Waals surface area contributed by atoms with Crippen molar-refractivity contribution in [3.05, 3.63) is 16.4 Å². The fraction of sp³-hybridized carbons (Fsp3) is 0.636. The third-order valence-corrected chi connectivity index (χ3v) is 3.71. The molecule has 0 bridgehead atoms. The van der Waals surface area contributed by atoms with Crippen LogP contribution in [-0.4, -0.2) is 27.1 Å². The van der Waals surface area contributed by atoms with Crippen LogP contribution in [0.4, 0.5) is 0 Å². The van der Waals surface area contributed by atoms with Crippen LogP contribution in [0.1, 0.15) is 25.2 Å². The summed E-state index contributed by atoms with van der Waals surface area (Å²) in [6, 6.07) is 0. The first-order valence-corrected chi connectivity index (χ1v) is 6.93. The van der Waals surface area contributed by atoms with E-state index < -0.39 is 0 Å². The Morgan fingerprint density at radius 1 is 1.50 bits per heavy atom. The fourth-order valence-electron chi connectivity index (χ4n) is 1.47. The molecular formula is C11H17ClN2OS. The largest absolute Gasteiger partial charge is 0.298 e. The summed E-state index contributed by atoms with van der Waals surface area (Å²) >= 11 is 7.80. The molecule has 0 spiro atoms. The van der Waals surface area contributed by atoms with E-state index in [-0.39, 0.29) is 5.78 Å². The zero-order valence-corrected chi connectivity index (χ0v) is 11.5. The number of carbonyl (C=O) groups is 1. The molecule has 5 heteroatoms. The summed E-state index contributed by atoms with van der Waals surface area (Å²) in [5.74, 6) is 1.73. The van der Waals surface area contributed by atoms with Crippen LogP contribution in [0.5, 0.6) is 0 Å². The number of hydrogen-bond donors (Lipinski definition) is 0. The van der Waals surface area contributed by atoms with Gasteiger partial charge in [0.25, 0.3) is 0 Å². The number of hydrogen-bond acceptors (Lipinski definition) is 3. The minimum Gasteiger partial charge on any atom is -0.298 e.